The Kier molecular flexibility index (Phi) is 5.41. The van der Waals surface area contributed by atoms with E-state index >= 15 is 0 Å². The van der Waals surface area contributed by atoms with E-state index in [1.165, 1.54) is 6.07 Å². The average Bonchev–Trinajstić information content (AvgIpc) is 3.06. The van der Waals surface area contributed by atoms with Crippen molar-refractivity contribution < 1.29 is 18.8 Å². The maximum atomic E-state index is 12.4. The highest BCUT2D eigenvalue weighted by Gasteiger charge is 2.29. The molecule has 1 aromatic heterocycles. The molecule has 0 unspecified atom stereocenters. The van der Waals surface area contributed by atoms with Crippen LogP contribution in [0.1, 0.15) is 15.9 Å². The molecule has 2 heterocycles. The smallest absolute Gasteiger partial charge is 0.288 e. The predicted molar refractivity (Wildman–Crippen MR) is 115 cm³/mol. The Morgan fingerprint density at radius 2 is 1.87 bits per heavy atom. The molecule has 2 aromatic carbocycles. The molecule has 152 valence electrons. The number of carbonyl (C=O) groups excluding carboxylic acids is 3. The van der Waals surface area contributed by atoms with Crippen LogP contribution in [0.25, 0.3) is 22.3 Å². The van der Waals surface area contributed by atoms with Gasteiger partial charge in [0.2, 0.25) is 5.91 Å². The molecule has 4 rings (SSSR count). The van der Waals surface area contributed by atoms with E-state index in [0.717, 1.165) is 22.2 Å². The first-order chi connectivity index (χ1) is 14.4. The maximum Gasteiger partial charge on any atom is 0.288 e. The number of imide groups is 1. The van der Waals surface area contributed by atoms with E-state index < -0.39 is 0 Å². The molecular weight excluding hydrogens is 404 g/mol. The number of carbonyl (C=O) groups is 3. The van der Waals surface area contributed by atoms with Gasteiger partial charge in [-0.05, 0) is 31.2 Å². The van der Waals surface area contributed by atoms with Gasteiger partial charge in [0.25, 0.3) is 11.1 Å². The lowest BCUT2D eigenvalue weighted by Gasteiger charge is -2.13. The molecule has 0 saturated carbocycles. The minimum absolute atomic E-state index is 0.124. The van der Waals surface area contributed by atoms with Crippen molar-refractivity contribution >= 4 is 39.8 Å². The summed E-state index contributed by atoms with van der Waals surface area (Å²) in [5, 5.41) is 2.94. The van der Waals surface area contributed by atoms with Crippen LogP contribution in [-0.4, -0.2) is 40.8 Å². The average molecular weight is 422 g/mol. The Bertz CT molecular complexity index is 1200. The van der Waals surface area contributed by atoms with Crippen LogP contribution < -0.4 is 10.7 Å². The Balaban J connectivity index is 1.45. The second-order valence-electron chi connectivity index (χ2n) is 6.91. The van der Waals surface area contributed by atoms with Crippen molar-refractivity contribution in [3.63, 3.8) is 0 Å². The van der Waals surface area contributed by atoms with Gasteiger partial charge in [-0.15, -0.1) is 0 Å². The van der Waals surface area contributed by atoms with Gasteiger partial charge in [0, 0.05) is 30.3 Å². The quantitative estimate of drug-likeness (QED) is 0.678. The van der Waals surface area contributed by atoms with E-state index in [0.29, 0.717) is 27.9 Å². The number of nitrogens with zero attached hydrogens (tertiary/aromatic N) is 1. The van der Waals surface area contributed by atoms with Gasteiger partial charge < -0.3 is 9.73 Å². The molecule has 1 N–H and O–H groups in total. The van der Waals surface area contributed by atoms with Crippen molar-refractivity contribution in [2.45, 2.75) is 6.92 Å². The second kappa shape index (κ2) is 8.16. The largest absolute Gasteiger partial charge is 0.456 e. The van der Waals surface area contributed by atoms with Crippen LogP contribution in [0.5, 0.6) is 0 Å². The highest BCUT2D eigenvalue weighted by Crippen LogP contribution is 2.23. The van der Waals surface area contributed by atoms with Gasteiger partial charge in [-0.25, -0.2) is 0 Å². The van der Waals surface area contributed by atoms with Crippen LogP contribution in [0.4, 0.5) is 4.79 Å². The number of benzene rings is 2. The Morgan fingerprint density at radius 3 is 2.57 bits per heavy atom. The monoisotopic (exact) mass is 422 g/mol. The summed E-state index contributed by atoms with van der Waals surface area (Å²) in [7, 11) is 0. The van der Waals surface area contributed by atoms with Crippen molar-refractivity contribution in [1.29, 1.82) is 0 Å². The Labute approximate surface area is 176 Å². The van der Waals surface area contributed by atoms with Crippen LogP contribution in [-0.2, 0) is 4.79 Å². The fourth-order valence-corrected chi connectivity index (χ4v) is 3.93. The van der Waals surface area contributed by atoms with Crippen molar-refractivity contribution in [2.24, 2.45) is 0 Å². The lowest BCUT2D eigenvalue weighted by atomic mass is 10.1. The zero-order valence-electron chi connectivity index (χ0n) is 16.1. The van der Waals surface area contributed by atoms with Crippen molar-refractivity contribution in [2.75, 3.05) is 18.8 Å². The summed E-state index contributed by atoms with van der Waals surface area (Å²) in [6.07, 6.45) is 0. The van der Waals surface area contributed by atoms with Crippen LogP contribution in [0.2, 0.25) is 0 Å². The van der Waals surface area contributed by atoms with Gasteiger partial charge in [-0.1, -0.05) is 35.5 Å². The molecule has 3 aromatic rings. The highest BCUT2D eigenvalue weighted by atomic mass is 32.2. The van der Waals surface area contributed by atoms with Crippen LogP contribution in [0.15, 0.2) is 57.7 Å². The highest BCUT2D eigenvalue weighted by molar-refractivity contribution is 8.14. The molecule has 30 heavy (non-hydrogen) atoms. The number of aryl methyl sites for hydroxylation is 1. The fourth-order valence-electron chi connectivity index (χ4n) is 3.18. The SMILES string of the molecule is Cc1ccc2oc(-c3ccc(C(=O)NCCN4C(=O)CSC4=O)cc3)cc(=O)c2c1. The van der Waals surface area contributed by atoms with Gasteiger partial charge in [0.15, 0.2) is 5.43 Å². The fraction of sp³-hybridized carbons (Fsp3) is 0.182. The normalized spacial score (nSPS) is 13.8. The molecule has 0 radical (unpaired) electrons. The zero-order valence-corrected chi connectivity index (χ0v) is 17.0. The van der Waals surface area contributed by atoms with E-state index in [1.54, 1.807) is 36.4 Å². The lowest BCUT2D eigenvalue weighted by molar-refractivity contribution is -0.124. The molecular formula is C22H18N2O5S. The number of hydrogen-bond donors (Lipinski definition) is 1. The summed E-state index contributed by atoms with van der Waals surface area (Å²) < 4.78 is 5.85. The predicted octanol–water partition coefficient (Wildman–Crippen LogP) is 3.19. The molecule has 1 aliphatic heterocycles. The molecule has 7 nitrogen and oxygen atoms in total. The third-order valence-corrected chi connectivity index (χ3v) is 5.63. The van der Waals surface area contributed by atoms with Crippen molar-refractivity contribution in [1.82, 2.24) is 10.2 Å². The summed E-state index contributed by atoms with van der Waals surface area (Å²) >= 11 is 0.964. The number of rotatable bonds is 5. The number of fused-ring (bicyclic) bond motifs is 1. The second-order valence-corrected chi connectivity index (χ2v) is 7.83. The lowest BCUT2D eigenvalue weighted by Crippen LogP contribution is -2.37. The molecule has 0 aliphatic carbocycles. The van der Waals surface area contributed by atoms with Crippen molar-refractivity contribution in [3.8, 4) is 11.3 Å². The number of nitrogens with one attached hydrogen (secondary N) is 1. The summed E-state index contributed by atoms with van der Waals surface area (Å²) in [4.78, 5) is 49.0. The van der Waals surface area contributed by atoms with Crippen molar-refractivity contribution in [3.05, 3.63) is 69.9 Å². The van der Waals surface area contributed by atoms with E-state index in [1.807, 2.05) is 13.0 Å². The van der Waals surface area contributed by atoms with Gasteiger partial charge in [0.05, 0.1) is 11.1 Å². The van der Waals surface area contributed by atoms with Crippen LogP contribution in [0, 0.1) is 6.92 Å². The van der Waals surface area contributed by atoms with Gasteiger partial charge in [0.1, 0.15) is 11.3 Å². The minimum atomic E-state index is -0.316. The first-order valence-electron chi connectivity index (χ1n) is 9.32. The molecule has 0 bridgehead atoms. The molecule has 0 spiro atoms. The molecule has 3 amide bonds. The molecule has 8 heteroatoms. The van der Waals surface area contributed by atoms with Crippen LogP contribution >= 0.6 is 11.8 Å². The first kappa shape index (κ1) is 19.9. The summed E-state index contributed by atoms with van der Waals surface area (Å²) in [6, 6.07) is 13.6. The summed E-state index contributed by atoms with van der Waals surface area (Å²) in [5.74, 6) is 0.0184. The standard InChI is InChI=1S/C22H18N2O5S/c1-13-2-7-18-16(10-13)17(25)11-19(29-18)14-3-5-15(6-4-14)21(27)23-8-9-24-20(26)12-30-22(24)28/h2-7,10-11H,8-9,12H2,1H3,(H,23,27). The number of amides is 3. The molecule has 1 saturated heterocycles. The maximum absolute atomic E-state index is 12.4. The Hall–Kier alpha value is -3.39. The Morgan fingerprint density at radius 1 is 1.10 bits per heavy atom. The zero-order chi connectivity index (χ0) is 21.3. The van der Waals surface area contributed by atoms with E-state index in [4.69, 9.17) is 4.42 Å². The van der Waals surface area contributed by atoms with E-state index in [9.17, 15) is 19.2 Å². The van der Waals surface area contributed by atoms with Gasteiger partial charge in [-0.2, -0.15) is 0 Å². The third kappa shape index (κ3) is 3.99. The minimum Gasteiger partial charge on any atom is -0.456 e. The number of thioether (sulfide) groups is 1. The topological polar surface area (TPSA) is 96.7 Å². The molecule has 1 aliphatic rings. The summed E-state index contributed by atoms with van der Waals surface area (Å²) in [5.41, 5.74) is 2.47. The van der Waals surface area contributed by atoms with Crippen LogP contribution in [0.3, 0.4) is 0 Å². The first-order valence-corrected chi connectivity index (χ1v) is 10.3. The van der Waals surface area contributed by atoms with E-state index in [2.05, 4.69) is 5.32 Å². The van der Waals surface area contributed by atoms with E-state index in [-0.39, 0.29) is 41.3 Å². The van der Waals surface area contributed by atoms with Gasteiger partial charge >= 0.3 is 0 Å². The van der Waals surface area contributed by atoms with Gasteiger partial charge in [-0.3, -0.25) is 24.1 Å². The molecule has 1 fully saturated rings. The molecule has 0 atom stereocenters. The summed E-state index contributed by atoms with van der Waals surface area (Å²) in [6.45, 7) is 2.24. The number of hydrogen-bond acceptors (Lipinski definition) is 6. The third-order valence-electron chi connectivity index (χ3n) is 4.78.